The van der Waals surface area contributed by atoms with Crippen LogP contribution in [0.5, 0.6) is 0 Å². The zero-order valence-electron chi connectivity index (χ0n) is 16.3. The van der Waals surface area contributed by atoms with Crippen LogP contribution in [0.3, 0.4) is 0 Å². The fourth-order valence-corrected chi connectivity index (χ4v) is 5.09. The minimum atomic E-state index is -3.66. The van der Waals surface area contributed by atoms with Gasteiger partial charge in [0.2, 0.25) is 5.91 Å². The molecule has 4 rings (SSSR count). The summed E-state index contributed by atoms with van der Waals surface area (Å²) in [5, 5.41) is 6.00. The summed E-state index contributed by atoms with van der Waals surface area (Å²) in [5.41, 5.74) is 2.53. The van der Waals surface area contributed by atoms with Crippen LogP contribution in [0.1, 0.15) is 25.3 Å². The number of carbonyl (C=O) groups excluding carboxylic acids is 1. The van der Waals surface area contributed by atoms with Crippen molar-refractivity contribution in [2.45, 2.75) is 31.2 Å². The van der Waals surface area contributed by atoms with E-state index in [1.807, 2.05) is 30.3 Å². The molecular weight excluding hydrogens is 388 g/mol. The van der Waals surface area contributed by atoms with Crippen molar-refractivity contribution in [3.8, 4) is 0 Å². The number of para-hydroxylation sites is 1. The van der Waals surface area contributed by atoms with Crippen LogP contribution in [-0.4, -0.2) is 38.2 Å². The highest BCUT2D eigenvalue weighted by atomic mass is 32.2. The summed E-state index contributed by atoms with van der Waals surface area (Å²) in [6, 6.07) is 14.7. The first-order valence-corrected chi connectivity index (χ1v) is 11.1. The lowest BCUT2D eigenvalue weighted by Gasteiger charge is -2.34. The summed E-state index contributed by atoms with van der Waals surface area (Å²) < 4.78 is 29.1. The van der Waals surface area contributed by atoms with Gasteiger partial charge in [-0.3, -0.25) is 9.69 Å². The lowest BCUT2D eigenvalue weighted by Crippen LogP contribution is -2.41. The van der Waals surface area contributed by atoms with Gasteiger partial charge in [-0.05, 0) is 49.2 Å². The Morgan fingerprint density at radius 1 is 1.21 bits per heavy atom. The van der Waals surface area contributed by atoms with E-state index in [-0.39, 0.29) is 16.7 Å². The monoisotopic (exact) mass is 412 g/mol. The maximum atomic E-state index is 12.5. The molecule has 0 radical (unpaired) electrons. The summed E-state index contributed by atoms with van der Waals surface area (Å²) in [4.78, 5) is 13.7. The number of piperidine rings is 1. The summed E-state index contributed by atoms with van der Waals surface area (Å²) >= 11 is 0. The molecule has 0 unspecified atom stereocenters. The molecule has 29 heavy (non-hydrogen) atoms. The van der Waals surface area contributed by atoms with Crippen LogP contribution in [0.15, 0.2) is 57.8 Å². The minimum absolute atomic E-state index is 0.0468. The molecule has 152 valence electrons. The number of fused-ring (bicyclic) bond motifs is 1. The molecule has 1 amide bonds. The number of nitrogens with zero attached hydrogens (tertiary/aromatic N) is 2. The predicted octanol–water partition coefficient (Wildman–Crippen LogP) is 3.07. The molecule has 2 aromatic carbocycles. The van der Waals surface area contributed by atoms with E-state index < -0.39 is 10.0 Å². The van der Waals surface area contributed by atoms with E-state index in [4.69, 9.17) is 0 Å². The number of benzene rings is 2. The number of nitrogens with one attached hydrogen (secondary N) is 2. The Balaban J connectivity index is 1.45. The standard InChI is InChI=1S/C21H24N4O3S/c1-15(26)22-18-10-8-16(9-11-18)13-25-12-4-5-17(14-25)21-23-19-6-2-3-7-20(19)29(27,28)24-21/h2-3,6-11,17H,4-5,12-14H2,1H3,(H,22,26)(H,23,24)/t17-/m1/s1. The lowest BCUT2D eigenvalue weighted by molar-refractivity contribution is -0.114. The first kappa shape index (κ1) is 19.6. The summed E-state index contributed by atoms with van der Waals surface area (Å²) in [6.45, 7) is 3.97. The van der Waals surface area contributed by atoms with Crippen molar-refractivity contribution in [3.05, 3.63) is 54.1 Å². The van der Waals surface area contributed by atoms with Gasteiger partial charge in [0.25, 0.3) is 10.0 Å². The van der Waals surface area contributed by atoms with E-state index >= 15 is 0 Å². The van der Waals surface area contributed by atoms with Crippen LogP contribution in [-0.2, 0) is 21.4 Å². The molecule has 1 saturated heterocycles. The number of anilines is 2. The van der Waals surface area contributed by atoms with Crippen molar-refractivity contribution < 1.29 is 13.2 Å². The van der Waals surface area contributed by atoms with E-state index in [2.05, 4.69) is 19.9 Å². The minimum Gasteiger partial charge on any atom is -0.342 e. The number of amides is 1. The maximum Gasteiger partial charge on any atom is 0.286 e. The van der Waals surface area contributed by atoms with E-state index in [9.17, 15) is 13.2 Å². The molecule has 0 saturated carbocycles. The summed E-state index contributed by atoms with van der Waals surface area (Å²) in [5.74, 6) is 0.494. The van der Waals surface area contributed by atoms with Crippen LogP contribution in [0.2, 0.25) is 0 Å². The normalized spacial score (nSPS) is 20.9. The number of rotatable bonds is 4. The van der Waals surface area contributed by atoms with Gasteiger partial charge in [-0.1, -0.05) is 24.3 Å². The number of carbonyl (C=O) groups is 1. The van der Waals surface area contributed by atoms with Crippen molar-refractivity contribution in [3.63, 3.8) is 0 Å². The van der Waals surface area contributed by atoms with Gasteiger partial charge >= 0.3 is 0 Å². The molecule has 8 heteroatoms. The van der Waals surface area contributed by atoms with Crippen LogP contribution in [0, 0.1) is 5.92 Å². The molecule has 2 aliphatic rings. The fourth-order valence-electron chi connectivity index (χ4n) is 3.89. The molecule has 2 N–H and O–H groups in total. The fraction of sp³-hybridized carbons (Fsp3) is 0.333. The Morgan fingerprint density at radius 3 is 2.72 bits per heavy atom. The lowest BCUT2D eigenvalue weighted by atomic mass is 9.96. The smallest absolute Gasteiger partial charge is 0.286 e. The number of amidine groups is 1. The molecule has 2 heterocycles. The Hall–Kier alpha value is -2.71. The Labute approximate surface area is 170 Å². The van der Waals surface area contributed by atoms with Crippen molar-refractivity contribution >= 4 is 33.1 Å². The molecule has 0 aliphatic carbocycles. The van der Waals surface area contributed by atoms with E-state index in [0.29, 0.717) is 11.5 Å². The molecule has 2 aromatic rings. The van der Waals surface area contributed by atoms with Gasteiger partial charge in [0, 0.05) is 31.6 Å². The third-order valence-corrected chi connectivity index (χ3v) is 6.57. The van der Waals surface area contributed by atoms with Crippen LogP contribution < -0.4 is 10.6 Å². The van der Waals surface area contributed by atoms with Crippen molar-refractivity contribution in [2.75, 3.05) is 23.7 Å². The van der Waals surface area contributed by atoms with Gasteiger partial charge in [0.05, 0.1) is 5.69 Å². The molecule has 0 bridgehead atoms. The predicted molar refractivity (Wildman–Crippen MR) is 113 cm³/mol. The SMILES string of the molecule is CC(=O)Nc1ccc(CN2CCC[C@@H](C3=NS(=O)(=O)c4ccccc4N3)C2)cc1. The molecule has 1 fully saturated rings. The number of sulfonamides is 1. The highest BCUT2D eigenvalue weighted by Gasteiger charge is 2.31. The van der Waals surface area contributed by atoms with Crippen LogP contribution >= 0.6 is 0 Å². The first-order chi connectivity index (χ1) is 13.9. The summed E-state index contributed by atoms with van der Waals surface area (Å²) in [7, 11) is -3.66. The molecule has 0 aromatic heterocycles. The highest BCUT2D eigenvalue weighted by Crippen LogP contribution is 2.30. The third kappa shape index (κ3) is 4.49. The van der Waals surface area contributed by atoms with Gasteiger partial charge < -0.3 is 10.6 Å². The van der Waals surface area contributed by atoms with E-state index in [1.165, 1.54) is 6.92 Å². The summed E-state index contributed by atoms with van der Waals surface area (Å²) in [6.07, 6.45) is 1.89. The quantitative estimate of drug-likeness (QED) is 0.805. The second-order valence-electron chi connectivity index (χ2n) is 7.53. The number of likely N-dealkylation sites (tertiary alicyclic amines) is 1. The highest BCUT2D eigenvalue weighted by molar-refractivity contribution is 7.90. The molecular formula is C21H24N4O3S. The number of hydrogen-bond acceptors (Lipinski definition) is 5. The Bertz CT molecular complexity index is 1050. The molecule has 7 nitrogen and oxygen atoms in total. The van der Waals surface area contributed by atoms with Crippen molar-refractivity contribution in [1.82, 2.24) is 4.90 Å². The van der Waals surface area contributed by atoms with Gasteiger partial charge in [0.15, 0.2) is 0 Å². The van der Waals surface area contributed by atoms with Gasteiger partial charge in [-0.25, -0.2) is 0 Å². The topological polar surface area (TPSA) is 90.9 Å². The van der Waals surface area contributed by atoms with E-state index in [0.717, 1.165) is 43.7 Å². The van der Waals surface area contributed by atoms with E-state index in [1.54, 1.807) is 18.2 Å². The number of hydrogen-bond donors (Lipinski definition) is 2. The van der Waals surface area contributed by atoms with Gasteiger partial charge in [0.1, 0.15) is 10.7 Å². The second-order valence-corrected chi connectivity index (χ2v) is 9.10. The average Bonchev–Trinajstić information content (AvgIpc) is 2.69. The zero-order valence-corrected chi connectivity index (χ0v) is 17.1. The molecule has 2 aliphatic heterocycles. The molecule has 1 atom stereocenters. The van der Waals surface area contributed by atoms with Crippen molar-refractivity contribution in [1.29, 1.82) is 0 Å². The average molecular weight is 413 g/mol. The Morgan fingerprint density at radius 2 is 1.97 bits per heavy atom. The van der Waals surface area contributed by atoms with Crippen LogP contribution in [0.4, 0.5) is 11.4 Å². The Kier molecular flexibility index (Phi) is 5.38. The second kappa shape index (κ2) is 7.96. The van der Waals surface area contributed by atoms with Gasteiger partial charge in [-0.15, -0.1) is 4.40 Å². The third-order valence-electron chi connectivity index (χ3n) is 5.22. The largest absolute Gasteiger partial charge is 0.342 e. The van der Waals surface area contributed by atoms with Crippen molar-refractivity contribution in [2.24, 2.45) is 10.3 Å². The van der Waals surface area contributed by atoms with Gasteiger partial charge in [-0.2, -0.15) is 8.42 Å². The zero-order chi connectivity index (χ0) is 20.4. The first-order valence-electron chi connectivity index (χ1n) is 9.70. The molecule has 0 spiro atoms. The van der Waals surface area contributed by atoms with Crippen LogP contribution in [0.25, 0.3) is 0 Å². The maximum absolute atomic E-state index is 12.5.